The van der Waals surface area contributed by atoms with Gasteiger partial charge in [0.2, 0.25) is 11.8 Å². The second kappa shape index (κ2) is 17.4. The van der Waals surface area contributed by atoms with Gasteiger partial charge >= 0.3 is 29.4 Å². The number of phosphoric ester groups is 3. The number of hydrogen-bond acceptors (Lipinski definition) is 17. The quantitative estimate of drug-likeness (QED) is 0.0660. The van der Waals surface area contributed by atoms with E-state index in [9.17, 15) is 62.3 Å². The average molecular weight is 812 g/mol. The number of carbonyl (C=O) groups is 3. The molecule has 0 saturated carbocycles. The number of carboxylic acids is 1. The number of carboxylic acid groups (broad SMARTS) is 1. The summed E-state index contributed by atoms with van der Waals surface area (Å²) in [5, 5.41) is 34.2. The molecule has 0 spiro atoms. The number of anilines is 1. The summed E-state index contributed by atoms with van der Waals surface area (Å²) < 4.78 is 74.7. The summed E-state index contributed by atoms with van der Waals surface area (Å²) in [4.78, 5) is 85.3. The monoisotopic (exact) mass is 811 g/mol. The van der Waals surface area contributed by atoms with E-state index >= 15 is 0 Å². The number of nitrogens with two attached hydrogens (primary N) is 1. The van der Waals surface area contributed by atoms with Gasteiger partial charge in [0.15, 0.2) is 23.9 Å². The van der Waals surface area contributed by atoms with Crippen molar-refractivity contribution in [3.63, 3.8) is 0 Å². The number of phosphoric acid groups is 3. The fraction of sp³-hybridized carbons (Fsp3) is 0.652. The normalized spacial score (nSPS) is 23.0. The highest BCUT2D eigenvalue weighted by molar-refractivity contribution is 7.61. The van der Waals surface area contributed by atoms with Gasteiger partial charge in [-0.25, -0.2) is 37.8 Å². The van der Waals surface area contributed by atoms with Crippen LogP contribution in [0.1, 0.15) is 32.9 Å². The first-order valence-electron chi connectivity index (χ1n) is 14.7. The Morgan fingerprint density at radius 3 is 2.37 bits per heavy atom. The van der Waals surface area contributed by atoms with Gasteiger partial charge in [-0.1, -0.05) is 13.8 Å². The number of aliphatic carboxylic acids is 1. The van der Waals surface area contributed by atoms with Crippen molar-refractivity contribution < 1.29 is 90.0 Å². The van der Waals surface area contributed by atoms with Crippen LogP contribution in [0.5, 0.6) is 0 Å². The van der Waals surface area contributed by atoms with E-state index < -0.39 is 103 Å². The van der Waals surface area contributed by atoms with Crippen LogP contribution in [-0.2, 0) is 50.7 Å². The number of alkyl halides is 1. The Kier molecular flexibility index (Phi) is 14.5. The second-order valence-corrected chi connectivity index (χ2v) is 15.9. The third-order valence-electron chi connectivity index (χ3n) is 7.07. The highest BCUT2D eigenvalue weighted by atomic mass is 31.3. The molecule has 0 radical (unpaired) electrons. The van der Waals surface area contributed by atoms with Crippen molar-refractivity contribution in [2.45, 2.75) is 63.5 Å². The maximum Gasteiger partial charge on any atom is 0.481 e. The summed E-state index contributed by atoms with van der Waals surface area (Å²) in [7, 11) is -16.5. The molecule has 2 aromatic rings. The Morgan fingerprint density at radius 2 is 1.73 bits per heavy atom. The van der Waals surface area contributed by atoms with E-state index in [1.165, 1.54) is 13.8 Å². The van der Waals surface area contributed by atoms with Crippen molar-refractivity contribution >= 4 is 58.2 Å². The number of amides is 2. The Hall–Kier alpha value is -3.06. The lowest BCUT2D eigenvalue weighted by molar-refractivity contribution is -0.143. The number of nitrogens with zero attached hydrogens (tertiary/aromatic N) is 4. The highest BCUT2D eigenvalue weighted by Crippen LogP contribution is 2.61. The zero-order valence-electron chi connectivity index (χ0n) is 27.1. The lowest BCUT2D eigenvalue weighted by atomic mass is 9.87. The molecule has 1 saturated heterocycles. The minimum absolute atomic E-state index is 0.0145. The third kappa shape index (κ3) is 12.2. The summed E-state index contributed by atoms with van der Waals surface area (Å²) in [6.07, 6.45) is -9.92. The van der Waals surface area contributed by atoms with Crippen LogP contribution >= 0.6 is 23.5 Å². The molecular formula is C23H37FN7O18P3. The van der Waals surface area contributed by atoms with Crippen LogP contribution < -0.4 is 16.4 Å². The fourth-order valence-corrected chi connectivity index (χ4v) is 7.23. The average Bonchev–Trinajstić information content (AvgIpc) is 3.58. The molecule has 0 bridgehead atoms. The van der Waals surface area contributed by atoms with Gasteiger partial charge in [-0.15, -0.1) is 0 Å². The molecule has 8 atom stereocenters. The van der Waals surface area contributed by atoms with Crippen molar-refractivity contribution in [3.05, 3.63) is 12.7 Å². The molecule has 1 aliphatic heterocycles. The fourth-order valence-electron chi connectivity index (χ4n) is 4.40. The number of rotatable bonds is 20. The molecule has 3 heterocycles. The van der Waals surface area contributed by atoms with Gasteiger partial charge < -0.3 is 56.0 Å². The minimum atomic E-state index is -5.59. The maximum absolute atomic E-state index is 13.0. The van der Waals surface area contributed by atoms with Crippen molar-refractivity contribution in [3.8, 4) is 0 Å². The van der Waals surface area contributed by atoms with Crippen LogP contribution in [0, 0.1) is 5.41 Å². The standard InChI is InChI=1S/C23H37FN7O18P3/c1-23(2,17(34)20(35)27-6-4-13(32)26-5-3-11(24)22(36)37)8-46-52(43,44)49-51(41,42)45-7-12-16(48-50(38,39)40)15(33)21(47-12)31-10-30-14-18(25)28-9-29-19(14)31/h9-12,15-17,21,33-34H,3-8H2,1-2H3,(H,26,32)(H,27,35)(H,36,37)(H,41,42)(H,43,44)(H2,25,28,29)(H2,38,39,40)/t11-,12-,15-,16-,17+,21-/m1/s1. The Balaban J connectivity index is 1.55. The van der Waals surface area contributed by atoms with Crippen LogP contribution in [0.25, 0.3) is 11.2 Å². The number of nitrogens with one attached hydrogen (secondary N) is 2. The number of halogens is 1. The molecule has 52 heavy (non-hydrogen) atoms. The molecule has 25 nitrogen and oxygen atoms in total. The van der Waals surface area contributed by atoms with Gasteiger partial charge in [0, 0.05) is 31.3 Å². The molecular weight excluding hydrogens is 774 g/mol. The van der Waals surface area contributed by atoms with E-state index in [-0.39, 0.29) is 36.5 Å². The lowest BCUT2D eigenvalue weighted by Crippen LogP contribution is -2.46. The predicted octanol–water partition coefficient (Wildman–Crippen LogP) is -1.78. The van der Waals surface area contributed by atoms with E-state index in [0.717, 1.165) is 17.2 Å². The first-order chi connectivity index (χ1) is 23.9. The maximum atomic E-state index is 13.0. The smallest absolute Gasteiger partial charge is 0.479 e. The minimum Gasteiger partial charge on any atom is -0.479 e. The Bertz CT molecular complexity index is 1750. The predicted molar refractivity (Wildman–Crippen MR) is 167 cm³/mol. The third-order valence-corrected chi connectivity index (χ3v) is 10.2. The van der Waals surface area contributed by atoms with Crippen molar-refractivity contribution in [2.75, 3.05) is 32.0 Å². The molecule has 2 unspecified atom stereocenters. The van der Waals surface area contributed by atoms with Crippen molar-refractivity contribution in [1.29, 1.82) is 0 Å². The summed E-state index contributed by atoms with van der Waals surface area (Å²) in [5.41, 5.74) is 4.15. The molecule has 0 aromatic carbocycles. The van der Waals surface area contributed by atoms with Crippen LogP contribution in [0.4, 0.5) is 10.2 Å². The molecule has 2 amide bonds. The number of imidazole rings is 1. The second-order valence-electron chi connectivity index (χ2n) is 11.7. The summed E-state index contributed by atoms with van der Waals surface area (Å²) >= 11 is 0. The van der Waals surface area contributed by atoms with Gasteiger partial charge in [0.25, 0.3) is 0 Å². The van der Waals surface area contributed by atoms with Gasteiger partial charge in [0.1, 0.15) is 36.3 Å². The van der Waals surface area contributed by atoms with E-state index in [2.05, 4.69) is 43.5 Å². The summed E-state index contributed by atoms with van der Waals surface area (Å²) in [6, 6.07) is 0. The number of aromatic nitrogens is 4. The van der Waals surface area contributed by atoms with Crippen LogP contribution in [-0.4, -0.2) is 129 Å². The molecule has 1 aliphatic rings. The number of aliphatic hydroxyl groups is 2. The molecule has 29 heteroatoms. The van der Waals surface area contributed by atoms with Gasteiger partial charge in [-0.3, -0.25) is 27.7 Å². The van der Waals surface area contributed by atoms with Gasteiger partial charge in [0.05, 0.1) is 19.5 Å². The number of hydrogen-bond donors (Lipinski definition) is 10. The van der Waals surface area contributed by atoms with Gasteiger partial charge in [-0.05, 0) is 0 Å². The summed E-state index contributed by atoms with van der Waals surface area (Å²) in [6.45, 7) is -0.320. The molecule has 0 aliphatic carbocycles. The Labute approximate surface area is 292 Å². The lowest BCUT2D eigenvalue weighted by Gasteiger charge is -2.30. The Morgan fingerprint density at radius 1 is 1.08 bits per heavy atom. The molecule has 2 aromatic heterocycles. The van der Waals surface area contributed by atoms with Crippen molar-refractivity contribution in [1.82, 2.24) is 30.2 Å². The zero-order chi connectivity index (χ0) is 39.2. The topological polar surface area (TPSA) is 384 Å². The number of carbonyl (C=O) groups excluding carboxylic acids is 2. The molecule has 3 rings (SSSR count). The van der Waals surface area contributed by atoms with E-state index in [0.29, 0.717) is 0 Å². The molecule has 1 fully saturated rings. The summed E-state index contributed by atoms with van der Waals surface area (Å²) in [5.74, 6) is -3.48. The highest BCUT2D eigenvalue weighted by Gasteiger charge is 2.50. The van der Waals surface area contributed by atoms with Crippen LogP contribution in [0.2, 0.25) is 0 Å². The molecule has 294 valence electrons. The zero-order valence-corrected chi connectivity index (χ0v) is 29.8. The van der Waals surface area contributed by atoms with E-state index in [4.69, 9.17) is 15.6 Å². The number of nitrogen functional groups attached to an aromatic ring is 1. The first-order valence-corrected chi connectivity index (χ1v) is 19.2. The first kappa shape index (κ1) is 43.3. The molecule has 11 N–H and O–H groups in total. The van der Waals surface area contributed by atoms with Crippen molar-refractivity contribution in [2.24, 2.45) is 5.41 Å². The van der Waals surface area contributed by atoms with Crippen LogP contribution in [0.3, 0.4) is 0 Å². The van der Waals surface area contributed by atoms with Gasteiger partial charge in [-0.2, -0.15) is 4.31 Å². The SMILES string of the molecule is CC(C)(COP(=O)(O)OP(=O)(O)OC[C@H]1O[C@@H](n2cnc3c(N)ncnc32)[C@H](O)[C@@H]1OP(=O)(O)O)[C@@H](O)C(=O)NCCC(=O)NCC[C@@H](F)C(=O)O. The largest absolute Gasteiger partial charge is 0.481 e. The van der Waals surface area contributed by atoms with E-state index in [1.54, 1.807) is 0 Å². The number of aliphatic hydroxyl groups excluding tert-OH is 2. The number of ether oxygens (including phenoxy) is 1. The van der Waals surface area contributed by atoms with E-state index in [1.807, 2.05) is 0 Å². The van der Waals surface area contributed by atoms with Crippen LogP contribution in [0.15, 0.2) is 12.7 Å². The number of fused-ring (bicyclic) bond motifs is 1.